The first-order valence-electron chi connectivity index (χ1n) is 11.0. The van der Waals surface area contributed by atoms with E-state index in [-0.39, 0.29) is 0 Å². The number of halogens is 1. The Hall–Kier alpha value is -3.57. The van der Waals surface area contributed by atoms with Crippen molar-refractivity contribution in [2.45, 2.75) is 0 Å². The van der Waals surface area contributed by atoms with Crippen LogP contribution in [0.1, 0.15) is 0 Å². The van der Waals surface area contributed by atoms with E-state index >= 15 is 0 Å². The molecule has 33 heavy (non-hydrogen) atoms. The number of benzene rings is 5. The lowest BCUT2D eigenvalue weighted by molar-refractivity contribution is 0.670. The van der Waals surface area contributed by atoms with E-state index in [2.05, 4.69) is 124 Å². The normalized spacial score (nSPS) is 11.8. The molecule has 0 aliphatic carbocycles. The zero-order valence-corrected chi connectivity index (χ0v) is 19.8. The van der Waals surface area contributed by atoms with E-state index in [1.54, 1.807) is 0 Å². The molecule has 5 aromatic carbocycles. The van der Waals surface area contributed by atoms with E-state index in [1.807, 2.05) is 12.1 Å². The van der Waals surface area contributed by atoms with Crippen molar-refractivity contribution < 1.29 is 4.42 Å². The summed E-state index contributed by atoms with van der Waals surface area (Å²) in [5, 5.41) is 4.84. The molecule has 2 heterocycles. The number of hydrogen-bond donors (Lipinski definition) is 0. The Morgan fingerprint density at radius 1 is 0.576 bits per heavy atom. The second-order valence-corrected chi connectivity index (χ2v) is 9.45. The highest BCUT2D eigenvalue weighted by molar-refractivity contribution is 14.1. The van der Waals surface area contributed by atoms with Crippen molar-refractivity contribution in [3.8, 4) is 16.8 Å². The molecular weight excluding hydrogens is 517 g/mol. The van der Waals surface area contributed by atoms with E-state index in [1.165, 1.54) is 30.9 Å². The number of nitrogens with zero attached hydrogens (tertiary/aromatic N) is 1. The van der Waals surface area contributed by atoms with Gasteiger partial charge in [0.25, 0.3) is 0 Å². The van der Waals surface area contributed by atoms with E-state index in [0.29, 0.717) is 0 Å². The molecule has 2 aromatic heterocycles. The van der Waals surface area contributed by atoms with E-state index in [9.17, 15) is 0 Å². The maximum absolute atomic E-state index is 6.43. The summed E-state index contributed by atoms with van der Waals surface area (Å²) < 4.78 is 10.1. The fourth-order valence-electron chi connectivity index (χ4n) is 5.08. The first-order chi connectivity index (χ1) is 16.3. The summed E-state index contributed by atoms with van der Waals surface area (Å²) >= 11 is 2.47. The van der Waals surface area contributed by atoms with Gasteiger partial charge in [0, 0.05) is 41.9 Å². The number of aromatic nitrogens is 1. The van der Waals surface area contributed by atoms with Crippen molar-refractivity contribution in [3.63, 3.8) is 0 Å². The van der Waals surface area contributed by atoms with Gasteiger partial charge in [0.05, 0.1) is 11.0 Å². The number of fused-ring (bicyclic) bond motifs is 6. The van der Waals surface area contributed by atoms with Gasteiger partial charge in [-0.25, -0.2) is 0 Å². The van der Waals surface area contributed by atoms with Gasteiger partial charge in [-0.15, -0.1) is 0 Å². The van der Waals surface area contributed by atoms with Crippen molar-refractivity contribution in [3.05, 3.63) is 113 Å². The Morgan fingerprint density at radius 3 is 2.18 bits per heavy atom. The van der Waals surface area contributed by atoms with Crippen LogP contribution in [0, 0.1) is 3.57 Å². The zero-order valence-electron chi connectivity index (χ0n) is 17.6. The van der Waals surface area contributed by atoms with Gasteiger partial charge in [-0.2, -0.15) is 0 Å². The molecule has 2 nitrogen and oxygen atoms in total. The van der Waals surface area contributed by atoms with Crippen molar-refractivity contribution in [2.24, 2.45) is 0 Å². The predicted molar refractivity (Wildman–Crippen MR) is 146 cm³/mol. The Balaban J connectivity index is 1.69. The lowest BCUT2D eigenvalue weighted by atomic mass is 9.99. The second-order valence-electron chi connectivity index (χ2n) is 8.29. The topological polar surface area (TPSA) is 18.1 Å². The molecule has 0 aliphatic rings. The van der Waals surface area contributed by atoms with Crippen LogP contribution in [0.4, 0.5) is 0 Å². The van der Waals surface area contributed by atoms with Gasteiger partial charge >= 0.3 is 0 Å². The largest absolute Gasteiger partial charge is 0.455 e. The van der Waals surface area contributed by atoms with Gasteiger partial charge in [0.2, 0.25) is 0 Å². The first kappa shape index (κ1) is 18.9. The van der Waals surface area contributed by atoms with Crippen LogP contribution >= 0.6 is 22.6 Å². The number of furan rings is 1. The van der Waals surface area contributed by atoms with E-state index < -0.39 is 0 Å². The fraction of sp³-hybridized carbons (Fsp3) is 0. The van der Waals surface area contributed by atoms with Gasteiger partial charge in [-0.05, 0) is 52.9 Å². The van der Waals surface area contributed by atoms with E-state index in [0.717, 1.165) is 33.2 Å². The molecular formula is C30H18INO. The average Bonchev–Trinajstić information content (AvgIpc) is 3.42. The quantitative estimate of drug-likeness (QED) is 0.202. The number of para-hydroxylation sites is 4. The summed E-state index contributed by atoms with van der Waals surface area (Å²) in [6, 6.07) is 38.5. The van der Waals surface area contributed by atoms with Gasteiger partial charge in [-0.1, -0.05) is 78.9 Å². The van der Waals surface area contributed by atoms with E-state index in [4.69, 9.17) is 4.42 Å². The van der Waals surface area contributed by atoms with Crippen LogP contribution in [0.2, 0.25) is 0 Å². The minimum absolute atomic E-state index is 0.922. The van der Waals surface area contributed by atoms with Crippen LogP contribution in [0.3, 0.4) is 0 Å². The number of hydrogen-bond acceptors (Lipinski definition) is 1. The predicted octanol–water partition coefficient (Wildman–Crippen LogP) is 8.95. The monoisotopic (exact) mass is 535 g/mol. The molecule has 7 aromatic rings. The molecule has 7 rings (SSSR count). The summed E-state index contributed by atoms with van der Waals surface area (Å²) in [6.07, 6.45) is 0. The van der Waals surface area contributed by atoms with Crippen molar-refractivity contribution in [1.29, 1.82) is 0 Å². The third-order valence-corrected chi connectivity index (χ3v) is 7.37. The molecule has 0 amide bonds. The van der Waals surface area contributed by atoms with Crippen molar-refractivity contribution in [1.82, 2.24) is 4.57 Å². The second kappa shape index (κ2) is 7.22. The van der Waals surface area contributed by atoms with Crippen LogP contribution < -0.4 is 0 Å². The Morgan fingerprint density at radius 2 is 1.30 bits per heavy atom. The molecule has 0 N–H and O–H groups in total. The molecule has 0 radical (unpaired) electrons. The maximum atomic E-state index is 6.43. The summed E-state index contributed by atoms with van der Waals surface area (Å²) in [5.74, 6) is 0. The lowest BCUT2D eigenvalue weighted by Crippen LogP contribution is -1.95. The lowest BCUT2D eigenvalue weighted by Gasteiger charge is -2.12. The Bertz CT molecular complexity index is 1830. The summed E-state index contributed by atoms with van der Waals surface area (Å²) in [4.78, 5) is 0. The van der Waals surface area contributed by atoms with Crippen molar-refractivity contribution in [2.75, 3.05) is 0 Å². The number of rotatable bonds is 2. The Kier molecular flexibility index (Phi) is 4.15. The van der Waals surface area contributed by atoms with Gasteiger partial charge in [-0.3, -0.25) is 0 Å². The molecule has 0 saturated heterocycles. The van der Waals surface area contributed by atoms with Gasteiger partial charge in [0.1, 0.15) is 11.2 Å². The molecule has 0 spiro atoms. The first-order valence-corrected chi connectivity index (χ1v) is 12.1. The van der Waals surface area contributed by atoms with Crippen LogP contribution in [-0.4, -0.2) is 4.57 Å². The molecule has 0 aliphatic heterocycles. The summed E-state index contributed by atoms with van der Waals surface area (Å²) in [6.45, 7) is 0. The molecule has 0 saturated carbocycles. The molecule has 0 unspecified atom stereocenters. The minimum Gasteiger partial charge on any atom is -0.455 e. The zero-order chi connectivity index (χ0) is 21.9. The van der Waals surface area contributed by atoms with Crippen LogP contribution in [0.25, 0.3) is 60.6 Å². The highest BCUT2D eigenvalue weighted by Gasteiger charge is 2.20. The maximum Gasteiger partial charge on any atom is 0.143 e. The summed E-state index contributed by atoms with van der Waals surface area (Å²) in [7, 11) is 0. The summed E-state index contributed by atoms with van der Waals surface area (Å²) in [5.41, 5.74) is 7.73. The van der Waals surface area contributed by atoms with Crippen LogP contribution in [-0.2, 0) is 0 Å². The van der Waals surface area contributed by atoms with Gasteiger partial charge in [0.15, 0.2) is 0 Å². The van der Waals surface area contributed by atoms with Crippen molar-refractivity contribution >= 4 is 66.3 Å². The molecule has 0 bridgehead atoms. The molecule has 156 valence electrons. The third kappa shape index (κ3) is 2.72. The SMILES string of the molecule is Ic1ccc(-c2cccc3c2oc2ccccc23)c2c1c1ccccc1n2-c1ccccc1. The molecule has 0 fully saturated rings. The van der Waals surface area contributed by atoms with Crippen LogP contribution in [0.5, 0.6) is 0 Å². The molecule has 3 heteroatoms. The Labute approximate surface area is 204 Å². The molecule has 0 atom stereocenters. The van der Waals surface area contributed by atoms with Crippen LogP contribution in [0.15, 0.2) is 114 Å². The fourth-order valence-corrected chi connectivity index (χ4v) is 5.80. The standard InChI is InChI=1S/C30H18INO/c31-25-18-17-21(23-14-8-13-22-20-11-5-7-16-27(20)33-30(22)23)29-28(25)24-12-4-6-15-26(24)32(29)19-9-2-1-3-10-19/h1-18H. The van der Waals surface area contributed by atoms with Gasteiger partial charge < -0.3 is 8.98 Å². The minimum atomic E-state index is 0.922. The highest BCUT2D eigenvalue weighted by atomic mass is 127. The highest BCUT2D eigenvalue weighted by Crippen LogP contribution is 2.43. The third-order valence-electron chi connectivity index (χ3n) is 6.47. The smallest absolute Gasteiger partial charge is 0.143 e. The average molecular weight is 535 g/mol.